The normalized spacial score (nSPS) is 11.1. The first-order valence-electron chi connectivity index (χ1n) is 8.62. The van der Waals surface area contributed by atoms with E-state index in [1.54, 1.807) is 48.5 Å². The van der Waals surface area contributed by atoms with Gasteiger partial charge in [0.2, 0.25) is 5.91 Å². The average molecular weight is 402 g/mol. The minimum atomic E-state index is -1.19. The van der Waals surface area contributed by atoms with Gasteiger partial charge in [0.15, 0.2) is 0 Å². The summed E-state index contributed by atoms with van der Waals surface area (Å²) in [5.74, 6) is -0.782. The van der Waals surface area contributed by atoms with Gasteiger partial charge < -0.3 is 30.0 Å². The van der Waals surface area contributed by atoms with Crippen LogP contribution in [0.3, 0.4) is 0 Å². The van der Waals surface area contributed by atoms with Crippen LogP contribution in [0.5, 0.6) is 11.5 Å². The summed E-state index contributed by atoms with van der Waals surface area (Å²) in [4.78, 5) is 35.3. The maximum Gasteiger partial charge on any atom is 0.408 e. The maximum absolute atomic E-state index is 12.3. The van der Waals surface area contributed by atoms with Crippen LogP contribution in [-0.2, 0) is 20.9 Å². The molecule has 0 aliphatic carbocycles. The van der Waals surface area contributed by atoms with Crippen LogP contribution in [0.15, 0.2) is 48.5 Å². The zero-order valence-electron chi connectivity index (χ0n) is 16.0. The third-order valence-corrected chi connectivity index (χ3v) is 3.85. The number of carboxylic acid groups (broad SMARTS) is 1. The summed E-state index contributed by atoms with van der Waals surface area (Å²) in [5.41, 5.74) is 1.11. The predicted octanol–water partition coefficient (Wildman–Crippen LogP) is 1.87. The lowest BCUT2D eigenvalue weighted by molar-refractivity contribution is -0.138. The Morgan fingerprint density at radius 1 is 1.00 bits per heavy atom. The summed E-state index contributed by atoms with van der Waals surface area (Å²) < 4.78 is 15.5. The number of hydrogen-bond donors (Lipinski definition) is 3. The lowest BCUT2D eigenvalue weighted by atomic mass is 10.1. The zero-order chi connectivity index (χ0) is 21.2. The smallest absolute Gasteiger partial charge is 0.408 e. The Morgan fingerprint density at radius 3 is 2.17 bits per heavy atom. The summed E-state index contributed by atoms with van der Waals surface area (Å²) in [5, 5.41) is 13.4. The van der Waals surface area contributed by atoms with Crippen molar-refractivity contribution in [3.8, 4) is 11.5 Å². The molecule has 0 spiro atoms. The van der Waals surface area contributed by atoms with E-state index in [0.29, 0.717) is 22.6 Å². The van der Waals surface area contributed by atoms with Gasteiger partial charge in [-0.25, -0.2) is 4.79 Å². The number of nitrogens with one attached hydrogen (secondary N) is 2. The van der Waals surface area contributed by atoms with Gasteiger partial charge in [-0.15, -0.1) is 0 Å². The summed E-state index contributed by atoms with van der Waals surface area (Å²) in [7, 11) is 3.01. The van der Waals surface area contributed by atoms with E-state index >= 15 is 0 Å². The van der Waals surface area contributed by atoms with E-state index in [4.69, 9.17) is 19.3 Å². The van der Waals surface area contributed by atoms with Gasteiger partial charge in [0.05, 0.1) is 14.2 Å². The number of alkyl carbamates (subject to hydrolysis) is 1. The van der Waals surface area contributed by atoms with Gasteiger partial charge in [-0.3, -0.25) is 9.59 Å². The molecule has 9 nitrogen and oxygen atoms in total. The van der Waals surface area contributed by atoms with Crippen LogP contribution in [0.4, 0.5) is 4.79 Å². The molecule has 3 N–H and O–H groups in total. The van der Waals surface area contributed by atoms with Crippen LogP contribution < -0.4 is 20.1 Å². The largest absolute Gasteiger partial charge is 0.497 e. The number of carbonyl (C=O) groups is 3. The number of rotatable bonds is 9. The van der Waals surface area contributed by atoms with Gasteiger partial charge in [0.25, 0.3) is 0 Å². The molecule has 154 valence electrons. The highest BCUT2D eigenvalue weighted by Gasteiger charge is 2.23. The van der Waals surface area contributed by atoms with Gasteiger partial charge in [-0.05, 0) is 23.3 Å². The predicted molar refractivity (Wildman–Crippen MR) is 103 cm³/mol. The number of hydrogen-bond acceptors (Lipinski definition) is 6. The number of carboxylic acids is 1. The molecule has 0 aromatic heterocycles. The summed E-state index contributed by atoms with van der Waals surface area (Å²) in [6, 6.07) is 12.4. The number of benzene rings is 2. The van der Waals surface area contributed by atoms with Crippen molar-refractivity contribution in [3.63, 3.8) is 0 Å². The average Bonchev–Trinajstić information content (AvgIpc) is 2.74. The molecule has 2 aromatic rings. The molecule has 0 fully saturated rings. The van der Waals surface area contributed by atoms with E-state index in [-0.39, 0.29) is 6.61 Å². The fraction of sp³-hybridized carbons (Fsp3) is 0.250. The van der Waals surface area contributed by atoms with Gasteiger partial charge in [-0.1, -0.05) is 30.3 Å². The fourth-order valence-corrected chi connectivity index (χ4v) is 2.47. The highest BCUT2D eigenvalue weighted by molar-refractivity contribution is 5.89. The number of amides is 2. The third-order valence-electron chi connectivity index (χ3n) is 3.85. The molecular weight excluding hydrogens is 380 g/mol. The molecule has 9 heteroatoms. The first kappa shape index (κ1) is 21.5. The van der Waals surface area contributed by atoms with Crippen LogP contribution >= 0.6 is 0 Å². The Morgan fingerprint density at radius 2 is 1.62 bits per heavy atom. The fourth-order valence-electron chi connectivity index (χ4n) is 2.47. The van der Waals surface area contributed by atoms with Crippen molar-refractivity contribution in [2.45, 2.75) is 12.6 Å². The molecule has 0 unspecified atom stereocenters. The molecule has 0 saturated heterocycles. The van der Waals surface area contributed by atoms with Crippen molar-refractivity contribution in [1.82, 2.24) is 10.6 Å². The topological polar surface area (TPSA) is 123 Å². The molecule has 2 amide bonds. The van der Waals surface area contributed by atoms with E-state index < -0.39 is 30.6 Å². The quantitative estimate of drug-likeness (QED) is 0.585. The molecular formula is C20H22N2O7. The standard InChI is InChI=1S/C20H22N2O7/c1-27-15-8-13(9-16(10-15)28-2)12-29-20(26)22-18(14-6-4-3-5-7-14)19(25)21-11-17(23)24/h3-10,18H,11-12H2,1-2H3,(H,21,25)(H,22,26)(H,23,24)/t18-/m1/s1. The molecule has 2 aromatic carbocycles. The maximum atomic E-state index is 12.3. The van der Waals surface area contributed by atoms with Crippen molar-refractivity contribution in [1.29, 1.82) is 0 Å². The second kappa shape index (κ2) is 10.5. The molecule has 0 aliphatic heterocycles. The number of methoxy groups -OCH3 is 2. The SMILES string of the molecule is COc1cc(COC(=O)N[C@@H](C(=O)NCC(=O)O)c2ccccc2)cc(OC)c1. The summed E-state index contributed by atoms with van der Waals surface area (Å²) >= 11 is 0. The number of carbonyl (C=O) groups excluding carboxylic acids is 2. The molecule has 0 radical (unpaired) electrons. The Labute approximate surface area is 167 Å². The van der Waals surface area contributed by atoms with Crippen LogP contribution in [0, 0.1) is 0 Å². The highest BCUT2D eigenvalue weighted by atomic mass is 16.5. The minimum Gasteiger partial charge on any atom is -0.497 e. The van der Waals surface area contributed by atoms with E-state index in [1.807, 2.05) is 0 Å². The van der Waals surface area contributed by atoms with E-state index in [9.17, 15) is 14.4 Å². The molecule has 0 saturated carbocycles. The van der Waals surface area contributed by atoms with Crippen molar-refractivity contribution in [2.24, 2.45) is 0 Å². The van der Waals surface area contributed by atoms with Gasteiger partial charge in [0, 0.05) is 6.07 Å². The van der Waals surface area contributed by atoms with Crippen LogP contribution in [0.1, 0.15) is 17.2 Å². The number of ether oxygens (including phenoxy) is 3. The van der Waals surface area contributed by atoms with Crippen LogP contribution in [0.2, 0.25) is 0 Å². The lowest BCUT2D eigenvalue weighted by Crippen LogP contribution is -2.42. The molecule has 2 rings (SSSR count). The van der Waals surface area contributed by atoms with Crippen LogP contribution in [0.25, 0.3) is 0 Å². The zero-order valence-corrected chi connectivity index (χ0v) is 16.0. The van der Waals surface area contributed by atoms with Crippen molar-refractivity contribution in [3.05, 3.63) is 59.7 Å². The molecule has 0 aliphatic rings. The van der Waals surface area contributed by atoms with Crippen LogP contribution in [-0.4, -0.2) is 43.8 Å². The molecule has 1 atom stereocenters. The Balaban J connectivity index is 2.06. The van der Waals surface area contributed by atoms with E-state index in [0.717, 1.165) is 0 Å². The van der Waals surface area contributed by atoms with Gasteiger partial charge in [-0.2, -0.15) is 0 Å². The second-order valence-electron chi connectivity index (χ2n) is 5.90. The first-order chi connectivity index (χ1) is 13.9. The summed E-state index contributed by atoms with van der Waals surface area (Å²) in [6.07, 6.45) is -0.842. The number of aliphatic carboxylic acids is 1. The van der Waals surface area contributed by atoms with Gasteiger partial charge >= 0.3 is 12.1 Å². The summed E-state index contributed by atoms with van der Waals surface area (Å²) in [6.45, 7) is -0.653. The Kier molecular flexibility index (Phi) is 7.84. The third kappa shape index (κ3) is 6.73. The Bertz CT molecular complexity index is 833. The second-order valence-corrected chi connectivity index (χ2v) is 5.90. The monoisotopic (exact) mass is 402 g/mol. The van der Waals surface area contributed by atoms with Crippen molar-refractivity contribution >= 4 is 18.0 Å². The highest BCUT2D eigenvalue weighted by Crippen LogP contribution is 2.23. The van der Waals surface area contributed by atoms with E-state index in [2.05, 4.69) is 10.6 Å². The first-order valence-corrected chi connectivity index (χ1v) is 8.62. The minimum absolute atomic E-state index is 0.0857. The molecule has 0 heterocycles. The lowest BCUT2D eigenvalue weighted by Gasteiger charge is -2.18. The van der Waals surface area contributed by atoms with Crippen molar-refractivity contribution in [2.75, 3.05) is 20.8 Å². The van der Waals surface area contributed by atoms with E-state index in [1.165, 1.54) is 14.2 Å². The molecule has 0 bridgehead atoms. The van der Waals surface area contributed by atoms with Crippen molar-refractivity contribution < 1.29 is 33.7 Å². The Hall–Kier alpha value is -3.75. The van der Waals surface area contributed by atoms with Gasteiger partial charge in [0.1, 0.15) is 30.7 Å². The molecule has 29 heavy (non-hydrogen) atoms.